The number of nitrogen functional groups attached to an aromatic ring is 1. The maximum atomic E-state index is 10.5. The van der Waals surface area contributed by atoms with Gasteiger partial charge in [0.05, 0.1) is 12.0 Å². The van der Waals surface area contributed by atoms with Crippen LogP contribution in [0, 0.1) is 10.1 Å². The van der Waals surface area contributed by atoms with Crippen LogP contribution >= 0.6 is 17.0 Å². The highest BCUT2D eigenvalue weighted by Crippen LogP contribution is 2.32. The van der Waals surface area contributed by atoms with Gasteiger partial charge in [-0.15, -0.1) is 17.0 Å². The summed E-state index contributed by atoms with van der Waals surface area (Å²) in [6, 6.07) is 4.46. The molecule has 6 nitrogen and oxygen atoms in total. The fourth-order valence-corrected chi connectivity index (χ4v) is 0.987. The Bertz CT molecular complexity index is 332. The van der Waals surface area contributed by atoms with Crippen molar-refractivity contribution in [3.8, 4) is 5.75 Å². The summed E-state index contributed by atoms with van der Waals surface area (Å²) in [7, 11) is 1.42. The van der Waals surface area contributed by atoms with E-state index in [1.807, 2.05) is 0 Å². The van der Waals surface area contributed by atoms with Crippen molar-refractivity contribution < 1.29 is 9.66 Å². The van der Waals surface area contributed by atoms with E-state index in [0.717, 1.165) is 0 Å². The van der Waals surface area contributed by atoms with Crippen molar-refractivity contribution in [3.05, 3.63) is 28.3 Å². The van der Waals surface area contributed by atoms with E-state index in [1.165, 1.54) is 19.2 Å². The molecule has 0 spiro atoms. The Kier molecular flexibility index (Phi) is 4.89. The fraction of sp³-hybridized carbons (Fsp3) is 0.143. The number of anilines is 1. The maximum Gasteiger partial charge on any atom is 0.297 e. The predicted octanol–water partition coefficient (Wildman–Crippen LogP) is 1.47. The number of nitrogens with zero attached hydrogens (tertiary/aromatic N) is 1. The summed E-state index contributed by atoms with van der Waals surface area (Å²) in [4.78, 5) is 9.97. The first-order valence-corrected chi connectivity index (χ1v) is 3.48. The molecule has 0 saturated heterocycles. The number of benzene rings is 1. The molecule has 3 N–H and O–H groups in total. The zero-order valence-electron chi connectivity index (χ0n) is 7.39. The van der Waals surface area contributed by atoms with Gasteiger partial charge in [0.1, 0.15) is 5.75 Å². The molecule has 0 radical (unpaired) electrons. The molecule has 0 aliphatic heterocycles. The van der Waals surface area contributed by atoms with Gasteiger partial charge in [-0.1, -0.05) is 6.07 Å². The fourth-order valence-electron chi connectivity index (χ4n) is 0.987. The summed E-state index contributed by atoms with van der Waals surface area (Å²) in [5, 5.41) is 10.5. The normalized spacial score (nSPS) is 8.71. The number of para-hydroxylation sites is 1. The molecule has 14 heavy (non-hydrogen) atoms. The standard InChI is InChI=1S/C7H9N3O3.BrH/c1-13-6-4-2-3-5(10(11)12)7(6)9-8;/h2-4,9H,8H2,1H3;1H. The second-order valence-electron chi connectivity index (χ2n) is 2.26. The van der Waals surface area contributed by atoms with E-state index in [9.17, 15) is 10.1 Å². The van der Waals surface area contributed by atoms with E-state index in [1.54, 1.807) is 6.07 Å². The summed E-state index contributed by atoms with van der Waals surface area (Å²) < 4.78 is 4.88. The Hall–Kier alpha value is -1.34. The summed E-state index contributed by atoms with van der Waals surface area (Å²) >= 11 is 0. The third-order valence-corrected chi connectivity index (χ3v) is 1.57. The third kappa shape index (κ3) is 2.33. The molecule has 78 valence electrons. The number of halogens is 1. The lowest BCUT2D eigenvalue weighted by atomic mass is 10.2. The number of hydrogen-bond acceptors (Lipinski definition) is 5. The first-order chi connectivity index (χ1) is 6.20. The number of hydrazine groups is 1. The van der Waals surface area contributed by atoms with Crippen LogP contribution in [0.2, 0.25) is 0 Å². The van der Waals surface area contributed by atoms with Gasteiger partial charge in [-0.2, -0.15) is 0 Å². The highest BCUT2D eigenvalue weighted by atomic mass is 79.9. The van der Waals surface area contributed by atoms with Crippen molar-refractivity contribution in [3.63, 3.8) is 0 Å². The average molecular weight is 264 g/mol. The number of rotatable bonds is 3. The Morgan fingerprint density at radius 3 is 2.64 bits per heavy atom. The Morgan fingerprint density at radius 1 is 1.57 bits per heavy atom. The number of methoxy groups -OCH3 is 1. The van der Waals surface area contributed by atoms with Crippen LogP contribution in [0.4, 0.5) is 11.4 Å². The van der Waals surface area contributed by atoms with Crippen molar-refractivity contribution in [2.24, 2.45) is 5.84 Å². The number of hydrogen-bond donors (Lipinski definition) is 2. The molecule has 0 unspecified atom stereocenters. The minimum atomic E-state index is -0.530. The van der Waals surface area contributed by atoms with E-state index in [2.05, 4.69) is 5.43 Å². The lowest BCUT2D eigenvalue weighted by Gasteiger charge is -2.06. The van der Waals surface area contributed by atoms with Crippen molar-refractivity contribution in [2.75, 3.05) is 12.5 Å². The second-order valence-corrected chi connectivity index (χ2v) is 2.26. The highest BCUT2D eigenvalue weighted by molar-refractivity contribution is 8.93. The number of nitro benzene ring substituents is 1. The smallest absolute Gasteiger partial charge is 0.297 e. The molecule has 0 amide bonds. The molecule has 1 aromatic rings. The maximum absolute atomic E-state index is 10.5. The van der Waals surface area contributed by atoms with Crippen molar-refractivity contribution in [1.29, 1.82) is 0 Å². The molecular formula is C7H10BrN3O3. The van der Waals surface area contributed by atoms with E-state index < -0.39 is 4.92 Å². The number of ether oxygens (including phenoxy) is 1. The quantitative estimate of drug-likeness (QED) is 0.490. The average Bonchev–Trinajstić information content (AvgIpc) is 2.16. The zero-order chi connectivity index (χ0) is 9.84. The molecule has 0 aromatic heterocycles. The van der Waals surface area contributed by atoms with Crippen LogP contribution in [0.5, 0.6) is 5.75 Å². The van der Waals surface area contributed by atoms with Gasteiger partial charge in [0, 0.05) is 6.07 Å². The van der Waals surface area contributed by atoms with Gasteiger partial charge in [-0.3, -0.25) is 16.0 Å². The van der Waals surface area contributed by atoms with Crippen LogP contribution in [0.15, 0.2) is 18.2 Å². The Labute approximate surface area is 90.9 Å². The van der Waals surface area contributed by atoms with Gasteiger partial charge in [0.2, 0.25) is 0 Å². The van der Waals surface area contributed by atoms with E-state index in [0.29, 0.717) is 5.75 Å². The van der Waals surface area contributed by atoms with E-state index >= 15 is 0 Å². The summed E-state index contributed by atoms with van der Waals surface area (Å²) in [6.07, 6.45) is 0. The number of nitrogens with one attached hydrogen (secondary N) is 1. The van der Waals surface area contributed by atoms with Gasteiger partial charge in [-0.05, 0) is 6.07 Å². The SMILES string of the molecule is Br.COc1cccc([N+](=O)[O-])c1NN. The van der Waals surface area contributed by atoms with Crippen LogP contribution in [0.3, 0.4) is 0 Å². The van der Waals surface area contributed by atoms with Crippen LogP contribution < -0.4 is 16.0 Å². The largest absolute Gasteiger partial charge is 0.494 e. The monoisotopic (exact) mass is 263 g/mol. The molecule has 0 saturated carbocycles. The molecule has 0 atom stereocenters. The zero-order valence-corrected chi connectivity index (χ0v) is 9.10. The van der Waals surface area contributed by atoms with Gasteiger partial charge >= 0.3 is 0 Å². The van der Waals surface area contributed by atoms with Crippen molar-refractivity contribution >= 4 is 28.4 Å². The van der Waals surface area contributed by atoms with Gasteiger partial charge in [0.25, 0.3) is 5.69 Å². The third-order valence-electron chi connectivity index (χ3n) is 1.57. The van der Waals surface area contributed by atoms with Crippen LogP contribution in [0.25, 0.3) is 0 Å². The lowest BCUT2D eigenvalue weighted by molar-refractivity contribution is -0.384. The molecule has 7 heteroatoms. The summed E-state index contributed by atoms with van der Waals surface area (Å²) in [6.45, 7) is 0. The van der Waals surface area contributed by atoms with Crippen LogP contribution in [0.1, 0.15) is 0 Å². The molecule has 1 rings (SSSR count). The molecule has 0 bridgehead atoms. The van der Waals surface area contributed by atoms with Crippen LogP contribution in [-0.4, -0.2) is 12.0 Å². The predicted molar refractivity (Wildman–Crippen MR) is 57.8 cm³/mol. The summed E-state index contributed by atoms with van der Waals surface area (Å²) in [5.41, 5.74) is 2.30. The second kappa shape index (κ2) is 5.40. The van der Waals surface area contributed by atoms with Gasteiger partial charge in [0.15, 0.2) is 5.69 Å². The topological polar surface area (TPSA) is 90.4 Å². The van der Waals surface area contributed by atoms with E-state index in [-0.39, 0.29) is 28.4 Å². The highest BCUT2D eigenvalue weighted by Gasteiger charge is 2.16. The van der Waals surface area contributed by atoms with Crippen LogP contribution in [-0.2, 0) is 0 Å². The minimum Gasteiger partial charge on any atom is -0.494 e. The molecule has 0 fully saturated rings. The Balaban J connectivity index is 0.00000169. The first kappa shape index (κ1) is 12.7. The molecule has 0 heterocycles. The van der Waals surface area contributed by atoms with Gasteiger partial charge in [-0.25, -0.2) is 0 Å². The summed E-state index contributed by atoms with van der Waals surface area (Å²) in [5.74, 6) is 5.47. The molecule has 0 aliphatic carbocycles. The van der Waals surface area contributed by atoms with Crippen molar-refractivity contribution in [1.82, 2.24) is 0 Å². The molecule has 0 aliphatic rings. The molecule has 1 aromatic carbocycles. The van der Waals surface area contributed by atoms with Gasteiger partial charge < -0.3 is 10.2 Å². The number of nitrogens with two attached hydrogens (primary N) is 1. The molecular weight excluding hydrogens is 254 g/mol. The van der Waals surface area contributed by atoms with E-state index in [4.69, 9.17) is 10.6 Å². The Morgan fingerprint density at radius 2 is 2.21 bits per heavy atom. The number of nitro groups is 1. The minimum absolute atomic E-state index is 0. The lowest BCUT2D eigenvalue weighted by Crippen LogP contribution is -2.10. The van der Waals surface area contributed by atoms with Crippen molar-refractivity contribution in [2.45, 2.75) is 0 Å². The first-order valence-electron chi connectivity index (χ1n) is 3.48.